The molecule has 0 spiro atoms. The van der Waals surface area contributed by atoms with Crippen LogP contribution in [0.4, 0.5) is 4.39 Å². The maximum atomic E-state index is 12.5. The summed E-state index contributed by atoms with van der Waals surface area (Å²) in [5.41, 5.74) is 0. The highest BCUT2D eigenvalue weighted by Gasteiger charge is 2.40. The van der Waals surface area contributed by atoms with Gasteiger partial charge in [0.05, 0.1) is 12.6 Å². The smallest absolute Gasteiger partial charge is 0.146 e. The predicted octanol–water partition coefficient (Wildman–Crippen LogP) is -1.43. The largest absolute Gasteiger partial charge is 0.394 e. The third kappa shape index (κ3) is 1.16. The summed E-state index contributed by atoms with van der Waals surface area (Å²) in [6.45, 7) is -0.407. The molecule has 0 aromatic carbocycles. The molecule has 1 aliphatic heterocycles. The quantitative estimate of drug-likeness (QED) is 0.446. The molecule has 3 nitrogen and oxygen atoms in total. The van der Waals surface area contributed by atoms with Gasteiger partial charge in [-0.15, -0.1) is 0 Å². The fraction of sp³-hybridized carbons (Fsp3) is 1.00. The second-order valence-electron chi connectivity index (χ2n) is 2.26. The number of ether oxygens (including phenoxy) is 1. The maximum Gasteiger partial charge on any atom is 0.146 e. The minimum absolute atomic E-state index is 0.407. The van der Waals surface area contributed by atoms with Crippen molar-refractivity contribution in [2.45, 2.75) is 24.4 Å². The van der Waals surface area contributed by atoms with Crippen LogP contribution in [0.2, 0.25) is 0 Å². The van der Waals surface area contributed by atoms with Crippen molar-refractivity contribution in [1.29, 1.82) is 0 Å². The van der Waals surface area contributed by atoms with Crippen LogP contribution in [0.5, 0.6) is 0 Å². The molecule has 0 aromatic rings. The van der Waals surface area contributed by atoms with Crippen LogP contribution in [-0.4, -0.2) is 49.0 Å². The average molecular weight is 146 g/mol. The van der Waals surface area contributed by atoms with Gasteiger partial charge in [0.15, 0.2) is 0 Å². The van der Waals surface area contributed by atoms with E-state index in [4.69, 9.17) is 18.1 Å². The van der Waals surface area contributed by atoms with Crippen LogP contribution in [0, 0.1) is 0 Å². The lowest BCUT2D eigenvalue weighted by Crippen LogP contribution is -2.30. The first-order valence-corrected chi connectivity index (χ1v) is 3.01. The molecular formula is C5H8BFO3. The van der Waals surface area contributed by atoms with Gasteiger partial charge in [-0.25, -0.2) is 4.39 Å². The molecule has 1 unspecified atom stereocenters. The summed E-state index contributed by atoms with van der Waals surface area (Å²) in [5, 5.41) is 17.4. The monoisotopic (exact) mass is 146 g/mol. The lowest BCUT2D eigenvalue weighted by Gasteiger charge is -2.09. The van der Waals surface area contributed by atoms with Crippen molar-refractivity contribution in [3.05, 3.63) is 0 Å². The highest BCUT2D eigenvalue weighted by atomic mass is 19.1. The highest BCUT2D eigenvalue weighted by molar-refractivity contribution is 6.11. The van der Waals surface area contributed by atoms with Gasteiger partial charge in [-0.05, 0) is 0 Å². The van der Waals surface area contributed by atoms with E-state index in [1.54, 1.807) is 0 Å². The van der Waals surface area contributed by atoms with Crippen LogP contribution in [0.25, 0.3) is 0 Å². The van der Waals surface area contributed by atoms with Gasteiger partial charge < -0.3 is 14.9 Å². The van der Waals surface area contributed by atoms with Crippen molar-refractivity contribution in [2.75, 3.05) is 6.61 Å². The van der Waals surface area contributed by atoms with E-state index in [-0.39, 0.29) is 0 Å². The topological polar surface area (TPSA) is 49.7 Å². The van der Waals surface area contributed by atoms with E-state index in [1.165, 1.54) is 0 Å². The van der Waals surface area contributed by atoms with Crippen LogP contribution in [-0.2, 0) is 4.74 Å². The van der Waals surface area contributed by atoms with Gasteiger partial charge in [0.2, 0.25) is 0 Å². The molecule has 1 rings (SSSR count). The molecule has 0 bridgehead atoms. The molecule has 1 saturated heterocycles. The van der Waals surface area contributed by atoms with Gasteiger partial charge >= 0.3 is 0 Å². The van der Waals surface area contributed by atoms with Crippen LogP contribution in [0.3, 0.4) is 0 Å². The van der Waals surface area contributed by atoms with Crippen molar-refractivity contribution in [2.24, 2.45) is 0 Å². The Labute approximate surface area is 59.2 Å². The van der Waals surface area contributed by atoms with Crippen molar-refractivity contribution in [3.63, 3.8) is 0 Å². The zero-order valence-electron chi connectivity index (χ0n) is 5.27. The van der Waals surface area contributed by atoms with Gasteiger partial charge in [0.1, 0.15) is 26.2 Å². The Kier molecular flexibility index (Phi) is 2.28. The molecule has 1 aliphatic rings. The number of hydrogen-bond donors (Lipinski definition) is 2. The SMILES string of the molecule is [B][C@@H]1OC(CO)[C@@H](O)[C@@H]1F. The number of hydrogen-bond acceptors (Lipinski definition) is 3. The van der Waals surface area contributed by atoms with Gasteiger partial charge in [-0.3, -0.25) is 0 Å². The first kappa shape index (κ1) is 7.98. The van der Waals surface area contributed by atoms with Gasteiger partial charge in [0.25, 0.3) is 0 Å². The Bertz CT molecular complexity index is 123. The Morgan fingerprint density at radius 1 is 1.60 bits per heavy atom. The molecule has 1 fully saturated rings. The van der Waals surface area contributed by atoms with Crippen LogP contribution >= 0.6 is 0 Å². The van der Waals surface area contributed by atoms with E-state index in [0.717, 1.165) is 0 Å². The van der Waals surface area contributed by atoms with Crippen molar-refractivity contribution in [3.8, 4) is 0 Å². The zero-order valence-corrected chi connectivity index (χ0v) is 5.27. The van der Waals surface area contributed by atoms with Gasteiger partial charge in [-0.1, -0.05) is 0 Å². The van der Waals surface area contributed by atoms with E-state index in [0.29, 0.717) is 0 Å². The summed E-state index contributed by atoms with van der Waals surface area (Å²) in [4.78, 5) is 0. The Morgan fingerprint density at radius 2 is 2.20 bits per heavy atom. The molecule has 0 amide bonds. The minimum atomic E-state index is -1.59. The number of aliphatic hydroxyl groups excluding tert-OH is 2. The van der Waals surface area contributed by atoms with E-state index in [9.17, 15) is 4.39 Å². The molecule has 10 heavy (non-hydrogen) atoms. The standard InChI is InChI=1S/C5H8BFO3/c6-5-3(7)4(9)2(1-8)10-5/h2-5,8-9H,1H2/t2?,3-,4+,5+/m0/s1. The fourth-order valence-electron chi connectivity index (χ4n) is 0.908. The number of aliphatic hydroxyl groups is 2. The maximum absolute atomic E-state index is 12.5. The minimum Gasteiger partial charge on any atom is -0.394 e. The number of rotatable bonds is 1. The van der Waals surface area contributed by atoms with E-state index in [1.807, 2.05) is 0 Å². The third-order valence-electron chi connectivity index (χ3n) is 1.53. The summed E-state index contributed by atoms with van der Waals surface area (Å²) in [7, 11) is 5.07. The number of halogens is 1. The van der Waals surface area contributed by atoms with E-state index in [2.05, 4.69) is 4.74 Å². The lowest BCUT2D eigenvalue weighted by molar-refractivity contribution is -0.00566. The van der Waals surface area contributed by atoms with Crippen molar-refractivity contribution >= 4 is 7.85 Å². The Balaban J connectivity index is 2.53. The molecular weight excluding hydrogens is 138 g/mol. The lowest BCUT2D eigenvalue weighted by atomic mass is 9.94. The molecule has 5 heteroatoms. The molecule has 1 heterocycles. The van der Waals surface area contributed by atoms with Crippen LogP contribution in [0.1, 0.15) is 0 Å². The highest BCUT2D eigenvalue weighted by Crippen LogP contribution is 2.21. The zero-order chi connectivity index (χ0) is 7.72. The number of alkyl halides is 1. The molecule has 0 aromatic heterocycles. The fourth-order valence-corrected chi connectivity index (χ4v) is 0.908. The summed E-state index contributed by atoms with van der Waals surface area (Å²) in [5.74, 6) is 0. The van der Waals surface area contributed by atoms with Gasteiger partial charge in [-0.2, -0.15) is 0 Å². The van der Waals surface area contributed by atoms with E-state index >= 15 is 0 Å². The molecule has 56 valence electrons. The predicted molar refractivity (Wildman–Crippen MR) is 32.4 cm³/mol. The summed E-state index contributed by atoms with van der Waals surface area (Å²) in [6, 6.07) is -1.10. The first-order chi connectivity index (χ1) is 4.66. The Morgan fingerprint density at radius 3 is 2.40 bits per heavy atom. The summed E-state index contributed by atoms with van der Waals surface area (Å²) in [6.07, 6.45) is -3.75. The van der Waals surface area contributed by atoms with Crippen molar-refractivity contribution < 1.29 is 19.3 Å². The summed E-state index contributed by atoms with van der Waals surface area (Å²) >= 11 is 0. The first-order valence-electron chi connectivity index (χ1n) is 3.01. The molecule has 2 radical (unpaired) electrons. The molecule has 2 N–H and O–H groups in total. The normalized spacial score (nSPS) is 47.9. The van der Waals surface area contributed by atoms with Crippen molar-refractivity contribution in [1.82, 2.24) is 0 Å². The van der Waals surface area contributed by atoms with Crippen LogP contribution in [0.15, 0.2) is 0 Å². The average Bonchev–Trinajstić information content (AvgIpc) is 2.17. The molecule has 0 saturated carbocycles. The Hall–Kier alpha value is -0.125. The summed E-state index contributed by atoms with van der Waals surface area (Å²) < 4.78 is 17.2. The molecule has 0 aliphatic carbocycles. The second-order valence-corrected chi connectivity index (χ2v) is 2.26. The third-order valence-corrected chi connectivity index (χ3v) is 1.53. The second kappa shape index (κ2) is 2.86. The van der Waals surface area contributed by atoms with Gasteiger partial charge in [0, 0.05) is 0 Å². The van der Waals surface area contributed by atoms with Crippen LogP contribution < -0.4 is 0 Å². The molecule has 4 atom stereocenters. The van der Waals surface area contributed by atoms with E-state index < -0.39 is 31.0 Å².